The number of nitrogens with zero attached hydrogens (tertiary/aromatic N) is 3. The summed E-state index contributed by atoms with van der Waals surface area (Å²) < 4.78 is 2.99. The molecule has 0 aliphatic carbocycles. The summed E-state index contributed by atoms with van der Waals surface area (Å²) in [5.74, 6) is 0. The Hall–Kier alpha value is -7.35. The van der Waals surface area contributed by atoms with E-state index in [0.717, 1.165) is 125 Å². The Morgan fingerprint density at radius 3 is 1.00 bits per heavy atom. The lowest BCUT2D eigenvalue weighted by molar-refractivity contribution is 1.28. The maximum atomic E-state index is 4.94. The zero-order valence-corrected chi connectivity index (χ0v) is 42.8. The second-order valence-electron chi connectivity index (χ2n) is 17.2. The Morgan fingerprint density at radius 2 is 0.629 bits per heavy atom. The fourth-order valence-corrected chi connectivity index (χ4v) is 11.2. The predicted molar refractivity (Wildman–Crippen MR) is 302 cm³/mol. The largest absolute Gasteiger partial charge is 0.256 e. The molecule has 70 heavy (non-hydrogen) atoms. The maximum Gasteiger partial charge on any atom is 0.0705 e. The van der Waals surface area contributed by atoms with Crippen molar-refractivity contribution in [1.29, 1.82) is 0 Å². The molecule has 3 heterocycles. The number of halogens is 3. The molecular formula is C64H42Br3N3. The van der Waals surface area contributed by atoms with Gasteiger partial charge in [0.1, 0.15) is 0 Å². The third-order valence-corrected chi connectivity index (χ3v) is 14.8. The van der Waals surface area contributed by atoms with Crippen LogP contribution in [0.2, 0.25) is 0 Å². The van der Waals surface area contributed by atoms with E-state index in [0.29, 0.717) is 0 Å². The fourth-order valence-electron chi connectivity index (χ4n) is 9.38. The van der Waals surface area contributed by atoms with Gasteiger partial charge in [0.2, 0.25) is 0 Å². The highest BCUT2D eigenvalue weighted by Crippen LogP contribution is 2.46. The molecule has 3 nitrogen and oxygen atoms in total. The first-order valence-corrected chi connectivity index (χ1v) is 25.4. The van der Waals surface area contributed by atoms with Crippen LogP contribution < -0.4 is 0 Å². The molecule has 0 saturated carbocycles. The molecule has 11 aromatic rings. The Kier molecular flexibility index (Phi) is 12.8. The summed E-state index contributed by atoms with van der Waals surface area (Å²) in [5, 5.41) is 0. The second-order valence-corrected chi connectivity index (χ2v) is 19.8. The molecule has 0 unspecified atom stereocenters. The van der Waals surface area contributed by atoms with Crippen molar-refractivity contribution in [3.8, 4) is 112 Å². The Morgan fingerprint density at radius 1 is 0.257 bits per heavy atom. The lowest BCUT2D eigenvalue weighted by Gasteiger charge is -2.19. The lowest BCUT2D eigenvalue weighted by atomic mass is 9.86. The summed E-state index contributed by atoms with van der Waals surface area (Å²) in [6, 6.07) is 77.5. The number of pyridine rings is 3. The van der Waals surface area contributed by atoms with Crippen LogP contribution >= 0.6 is 47.8 Å². The Labute approximate surface area is 434 Å². The average Bonchev–Trinajstić information content (AvgIpc) is 3.41. The average molecular weight is 1090 g/mol. The van der Waals surface area contributed by atoms with Crippen LogP contribution in [0.4, 0.5) is 0 Å². The number of aryl methyl sites for hydroxylation is 1. The van der Waals surface area contributed by atoms with Crippen LogP contribution in [0.25, 0.3) is 112 Å². The SMILES string of the molecule is Cc1cc(-c2ccc(-c3ccccc3-c3cc(-c4ccccc4-c4ccc(-c5ccccn5)cc4Br)cc(-c4ccccc4-c4ccc(-c5ccccn5)cc4Br)c3)c(Br)c2)ncc1-c1ccccc1. The number of aromatic nitrogens is 3. The van der Waals surface area contributed by atoms with E-state index in [9.17, 15) is 0 Å². The van der Waals surface area contributed by atoms with Crippen LogP contribution in [0, 0.1) is 6.92 Å². The highest BCUT2D eigenvalue weighted by Gasteiger charge is 2.19. The van der Waals surface area contributed by atoms with Crippen LogP contribution in [0.15, 0.2) is 250 Å². The van der Waals surface area contributed by atoms with Gasteiger partial charge in [-0.2, -0.15) is 0 Å². The van der Waals surface area contributed by atoms with Crippen molar-refractivity contribution in [2.24, 2.45) is 0 Å². The minimum atomic E-state index is 0.932. The van der Waals surface area contributed by atoms with Gasteiger partial charge >= 0.3 is 0 Å². The smallest absolute Gasteiger partial charge is 0.0705 e. The molecule has 3 aromatic heterocycles. The number of rotatable bonds is 10. The molecule has 0 amide bonds. The monoisotopic (exact) mass is 1090 g/mol. The van der Waals surface area contributed by atoms with Gasteiger partial charge in [0.05, 0.1) is 17.1 Å². The fraction of sp³-hybridized carbons (Fsp3) is 0.0156. The predicted octanol–water partition coefficient (Wildman–Crippen LogP) is 19.1. The minimum absolute atomic E-state index is 0.932. The van der Waals surface area contributed by atoms with Crippen LogP contribution in [0.1, 0.15) is 5.56 Å². The summed E-state index contributed by atoms with van der Waals surface area (Å²) in [5.41, 5.74) is 22.8. The highest BCUT2D eigenvalue weighted by atomic mass is 79.9. The van der Waals surface area contributed by atoms with Crippen molar-refractivity contribution in [3.05, 3.63) is 256 Å². The molecule has 11 rings (SSSR count). The zero-order chi connectivity index (χ0) is 47.6. The molecule has 0 aliphatic rings. The molecule has 0 bridgehead atoms. The number of benzene rings is 8. The summed E-state index contributed by atoms with van der Waals surface area (Å²) in [6.07, 6.45) is 5.66. The molecule has 0 aliphatic heterocycles. The van der Waals surface area contributed by atoms with E-state index in [1.165, 1.54) is 5.56 Å². The van der Waals surface area contributed by atoms with Gasteiger partial charge in [-0.1, -0.05) is 199 Å². The normalized spacial score (nSPS) is 11.1. The van der Waals surface area contributed by atoms with Gasteiger partial charge in [0.25, 0.3) is 0 Å². The Balaban J connectivity index is 1.05. The van der Waals surface area contributed by atoms with Gasteiger partial charge in [-0.05, 0) is 152 Å². The van der Waals surface area contributed by atoms with E-state index in [1.54, 1.807) is 0 Å². The third-order valence-electron chi connectivity index (χ3n) is 12.8. The maximum absolute atomic E-state index is 4.94. The topological polar surface area (TPSA) is 38.7 Å². The quantitative estimate of drug-likeness (QED) is 0.137. The van der Waals surface area contributed by atoms with Crippen LogP contribution in [0.5, 0.6) is 0 Å². The first kappa shape index (κ1) is 45.1. The summed E-state index contributed by atoms with van der Waals surface area (Å²) in [6.45, 7) is 2.16. The minimum Gasteiger partial charge on any atom is -0.256 e. The van der Waals surface area contributed by atoms with Crippen LogP contribution in [-0.4, -0.2) is 15.0 Å². The van der Waals surface area contributed by atoms with Gasteiger partial charge in [0, 0.05) is 54.3 Å². The van der Waals surface area contributed by atoms with Crippen molar-refractivity contribution in [3.63, 3.8) is 0 Å². The van der Waals surface area contributed by atoms with E-state index in [1.807, 2.05) is 61.1 Å². The van der Waals surface area contributed by atoms with E-state index >= 15 is 0 Å². The van der Waals surface area contributed by atoms with Gasteiger partial charge < -0.3 is 0 Å². The molecule has 0 fully saturated rings. The molecule has 0 radical (unpaired) electrons. The van der Waals surface area contributed by atoms with Crippen molar-refractivity contribution < 1.29 is 0 Å². The molecule has 0 atom stereocenters. The van der Waals surface area contributed by atoms with Crippen molar-refractivity contribution in [2.45, 2.75) is 6.92 Å². The molecule has 0 N–H and O–H groups in total. The lowest BCUT2D eigenvalue weighted by Crippen LogP contribution is -1.93. The number of hydrogen-bond acceptors (Lipinski definition) is 3. The summed E-state index contributed by atoms with van der Waals surface area (Å²) in [4.78, 5) is 14.2. The van der Waals surface area contributed by atoms with Crippen LogP contribution in [0.3, 0.4) is 0 Å². The molecule has 334 valence electrons. The molecule has 8 aromatic carbocycles. The van der Waals surface area contributed by atoms with Crippen molar-refractivity contribution in [1.82, 2.24) is 15.0 Å². The van der Waals surface area contributed by atoms with E-state index < -0.39 is 0 Å². The Bertz CT molecular complexity index is 3550. The van der Waals surface area contributed by atoms with Crippen LogP contribution in [-0.2, 0) is 0 Å². The molecular weight excluding hydrogens is 1050 g/mol. The number of hydrogen-bond donors (Lipinski definition) is 0. The van der Waals surface area contributed by atoms with E-state index in [4.69, 9.17) is 4.98 Å². The molecule has 0 saturated heterocycles. The van der Waals surface area contributed by atoms with Crippen molar-refractivity contribution in [2.75, 3.05) is 0 Å². The van der Waals surface area contributed by atoms with Crippen molar-refractivity contribution >= 4 is 47.8 Å². The first-order valence-electron chi connectivity index (χ1n) is 23.0. The first-order chi connectivity index (χ1) is 34.4. The molecule has 0 spiro atoms. The zero-order valence-electron chi connectivity index (χ0n) is 38.0. The van der Waals surface area contributed by atoms with E-state index in [2.05, 4.69) is 241 Å². The molecule has 6 heteroatoms. The summed E-state index contributed by atoms with van der Waals surface area (Å²) in [7, 11) is 0. The summed E-state index contributed by atoms with van der Waals surface area (Å²) >= 11 is 12.0. The van der Waals surface area contributed by atoms with Gasteiger partial charge in [-0.25, -0.2) is 0 Å². The third kappa shape index (κ3) is 9.14. The standard InChI is InChI=1S/C64H42Br3N3/c1-41-33-64(70-40-58(41)42-15-3-2-4-16-42)45-27-30-57(61(67)39-45)54-22-10-7-19-51(54)48-35-46(49-17-5-8-20-52(49)55-28-25-43(37-59(55)65)62-23-11-13-31-68-62)34-47(36-48)50-18-6-9-21-53(50)56-29-26-44(38-60(56)66)63-24-12-14-32-69-63/h2-40H,1H3. The van der Waals surface area contributed by atoms with Gasteiger partial charge in [-0.15, -0.1) is 0 Å². The second kappa shape index (κ2) is 19.9. The van der Waals surface area contributed by atoms with E-state index in [-0.39, 0.29) is 0 Å². The van der Waals surface area contributed by atoms with Gasteiger partial charge in [-0.3, -0.25) is 15.0 Å². The highest BCUT2D eigenvalue weighted by molar-refractivity contribution is 9.11. The van der Waals surface area contributed by atoms with Gasteiger partial charge in [0.15, 0.2) is 0 Å².